The van der Waals surface area contributed by atoms with Gasteiger partial charge >= 0.3 is 0 Å². The summed E-state index contributed by atoms with van der Waals surface area (Å²) in [5, 5.41) is 6.09. The third-order valence-corrected chi connectivity index (χ3v) is 5.63. The van der Waals surface area contributed by atoms with Gasteiger partial charge in [-0.2, -0.15) is 0 Å². The number of thiophene rings is 1. The van der Waals surface area contributed by atoms with Crippen molar-refractivity contribution in [1.29, 1.82) is 0 Å². The van der Waals surface area contributed by atoms with E-state index >= 15 is 0 Å². The van der Waals surface area contributed by atoms with Gasteiger partial charge in [0.1, 0.15) is 0 Å². The van der Waals surface area contributed by atoms with Gasteiger partial charge in [-0.05, 0) is 61.6 Å². The average Bonchev–Trinajstić information content (AvgIpc) is 2.73. The van der Waals surface area contributed by atoms with Gasteiger partial charge in [0, 0.05) is 16.8 Å². The lowest BCUT2D eigenvalue weighted by atomic mass is 9.70. The highest BCUT2D eigenvalue weighted by Gasteiger charge is 2.35. The van der Waals surface area contributed by atoms with Crippen molar-refractivity contribution in [3.8, 4) is 0 Å². The molecule has 1 aromatic heterocycles. The molecule has 1 aromatic rings. The number of aryl methyl sites for hydroxylation is 1. The minimum atomic E-state index is 0.752. The molecule has 0 amide bonds. The summed E-state index contributed by atoms with van der Waals surface area (Å²) in [6, 6.07) is 3.15. The molecule has 1 nitrogen and oxygen atoms in total. The normalized spacial score (nSPS) is 26.3. The lowest BCUT2D eigenvalue weighted by molar-refractivity contribution is 0.196. The number of nitrogens with one attached hydrogen (secondary N) is 1. The van der Waals surface area contributed by atoms with Crippen molar-refractivity contribution in [2.45, 2.75) is 57.4 Å². The molecule has 0 bridgehead atoms. The number of likely N-dealkylation sites (N-methyl/N-ethyl adjacent to an activating group) is 1. The summed E-state index contributed by atoms with van der Waals surface area (Å²) in [6.07, 6.45) is 8.48. The van der Waals surface area contributed by atoms with Crippen LogP contribution in [-0.4, -0.2) is 12.6 Å². The van der Waals surface area contributed by atoms with Gasteiger partial charge in [0.2, 0.25) is 0 Å². The van der Waals surface area contributed by atoms with E-state index in [0.29, 0.717) is 0 Å². The first kappa shape index (κ1) is 11.7. The lowest BCUT2D eigenvalue weighted by Crippen LogP contribution is -2.44. The largest absolute Gasteiger partial charge is 0.313 e. The Labute approximate surface area is 109 Å². The van der Waals surface area contributed by atoms with Crippen molar-refractivity contribution in [3.05, 3.63) is 21.9 Å². The van der Waals surface area contributed by atoms with E-state index in [9.17, 15) is 0 Å². The van der Waals surface area contributed by atoms with Crippen LogP contribution in [0.25, 0.3) is 0 Å². The summed E-state index contributed by atoms with van der Waals surface area (Å²) in [4.78, 5) is 1.67. The highest BCUT2D eigenvalue weighted by atomic mass is 32.1. The maximum Gasteiger partial charge on any atom is 0.0164 e. The first-order chi connectivity index (χ1) is 8.40. The zero-order chi connectivity index (χ0) is 11.7. The van der Waals surface area contributed by atoms with Crippen molar-refractivity contribution in [2.24, 2.45) is 5.92 Å². The monoisotopic (exact) mass is 249 g/mol. The van der Waals surface area contributed by atoms with Crippen molar-refractivity contribution < 1.29 is 0 Å². The van der Waals surface area contributed by atoms with Gasteiger partial charge < -0.3 is 5.32 Å². The Morgan fingerprint density at radius 3 is 2.94 bits per heavy atom. The van der Waals surface area contributed by atoms with Crippen LogP contribution < -0.4 is 5.32 Å². The van der Waals surface area contributed by atoms with E-state index in [1.807, 2.05) is 11.3 Å². The fraction of sp³-hybridized carbons (Fsp3) is 0.733. The van der Waals surface area contributed by atoms with E-state index in [4.69, 9.17) is 0 Å². The first-order valence-electron chi connectivity index (χ1n) is 7.19. The quantitative estimate of drug-likeness (QED) is 0.852. The van der Waals surface area contributed by atoms with Crippen LogP contribution in [0.15, 0.2) is 11.4 Å². The SMILES string of the molecule is CCNC(C1CCC1)C1CCCc2sccc21. The van der Waals surface area contributed by atoms with Gasteiger partial charge in [0.25, 0.3) is 0 Å². The molecule has 2 aliphatic carbocycles. The third kappa shape index (κ3) is 2.17. The van der Waals surface area contributed by atoms with Crippen molar-refractivity contribution >= 4 is 11.3 Å². The predicted molar refractivity (Wildman–Crippen MR) is 74.8 cm³/mol. The van der Waals surface area contributed by atoms with Gasteiger partial charge in [-0.1, -0.05) is 13.3 Å². The average molecular weight is 249 g/mol. The van der Waals surface area contributed by atoms with Crippen LogP contribution >= 0.6 is 11.3 Å². The minimum Gasteiger partial charge on any atom is -0.313 e. The molecule has 1 saturated carbocycles. The maximum atomic E-state index is 3.79. The zero-order valence-corrected chi connectivity index (χ0v) is 11.6. The van der Waals surface area contributed by atoms with Gasteiger partial charge in [-0.15, -0.1) is 11.3 Å². The fourth-order valence-electron chi connectivity index (χ4n) is 3.57. The van der Waals surface area contributed by atoms with Crippen LogP contribution in [0.5, 0.6) is 0 Å². The second-order valence-corrected chi connectivity index (χ2v) is 6.57. The minimum absolute atomic E-state index is 0.752. The van der Waals surface area contributed by atoms with Crippen molar-refractivity contribution in [3.63, 3.8) is 0 Å². The Hall–Kier alpha value is -0.340. The summed E-state index contributed by atoms with van der Waals surface area (Å²) in [5.41, 5.74) is 1.68. The van der Waals surface area contributed by atoms with Gasteiger partial charge in [0.15, 0.2) is 0 Å². The first-order valence-corrected chi connectivity index (χ1v) is 8.07. The molecule has 2 heteroatoms. The Morgan fingerprint density at radius 1 is 1.35 bits per heavy atom. The highest BCUT2D eigenvalue weighted by Crippen LogP contribution is 2.43. The van der Waals surface area contributed by atoms with Gasteiger partial charge in [-0.3, -0.25) is 0 Å². The molecule has 0 radical (unpaired) electrons. The van der Waals surface area contributed by atoms with Crippen molar-refractivity contribution in [1.82, 2.24) is 5.32 Å². The molecule has 2 aliphatic rings. The molecule has 1 N–H and O–H groups in total. The number of rotatable bonds is 4. The molecule has 0 saturated heterocycles. The van der Waals surface area contributed by atoms with Gasteiger partial charge in [-0.25, -0.2) is 0 Å². The smallest absolute Gasteiger partial charge is 0.0164 e. The van der Waals surface area contributed by atoms with E-state index < -0.39 is 0 Å². The molecule has 0 spiro atoms. The molecule has 2 atom stereocenters. The number of hydrogen-bond donors (Lipinski definition) is 1. The molecular formula is C15H23NS. The molecule has 1 heterocycles. The van der Waals surface area contributed by atoms with E-state index in [2.05, 4.69) is 23.7 Å². The van der Waals surface area contributed by atoms with E-state index in [1.165, 1.54) is 38.5 Å². The Balaban J connectivity index is 1.82. The van der Waals surface area contributed by atoms with Crippen LogP contribution in [0.3, 0.4) is 0 Å². The van der Waals surface area contributed by atoms with Crippen LogP contribution in [0.2, 0.25) is 0 Å². The molecule has 17 heavy (non-hydrogen) atoms. The summed E-state index contributed by atoms with van der Waals surface area (Å²) in [7, 11) is 0. The maximum absolute atomic E-state index is 3.79. The molecule has 0 aliphatic heterocycles. The summed E-state index contributed by atoms with van der Waals surface area (Å²) < 4.78 is 0. The highest BCUT2D eigenvalue weighted by molar-refractivity contribution is 7.10. The fourth-order valence-corrected chi connectivity index (χ4v) is 4.56. The van der Waals surface area contributed by atoms with Crippen LogP contribution in [0.1, 0.15) is 55.4 Å². The van der Waals surface area contributed by atoms with E-state index in [0.717, 1.165) is 24.4 Å². The molecule has 94 valence electrons. The summed E-state index contributed by atoms with van der Waals surface area (Å²) in [6.45, 7) is 3.38. The van der Waals surface area contributed by atoms with Crippen LogP contribution in [0, 0.1) is 5.92 Å². The molecule has 3 rings (SSSR count). The van der Waals surface area contributed by atoms with E-state index in [-0.39, 0.29) is 0 Å². The Bertz CT molecular complexity index is 367. The lowest BCUT2D eigenvalue weighted by Gasteiger charge is -2.41. The molecule has 0 aromatic carbocycles. The van der Waals surface area contributed by atoms with Crippen LogP contribution in [-0.2, 0) is 6.42 Å². The second-order valence-electron chi connectivity index (χ2n) is 5.57. The third-order valence-electron chi connectivity index (χ3n) is 4.63. The Morgan fingerprint density at radius 2 is 2.24 bits per heavy atom. The molecule has 1 fully saturated rings. The van der Waals surface area contributed by atoms with Crippen molar-refractivity contribution in [2.75, 3.05) is 6.54 Å². The second kappa shape index (κ2) is 5.11. The topological polar surface area (TPSA) is 12.0 Å². The van der Waals surface area contributed by atoms with Crippen LogP contribution in [0.4, 0.5) is 0 Å². The van der Waals surface area contributed by atoms with Gasteiger partial charge in [0.05, 0.1) is 0 Å². The number of hydrogen-bond acceptors (Lipinski definition) is 2. The zero-order valence-electron chi connectivity index (χ0n) is 10.7. The summed E-state index contributed by atoms with van der Waals surface area (Å²) in [5.74, 6) is 1.75. The Kier molecular flexibility index (Phi) is 3.53. The number of fused-ring (bicyclic) bond motifs is 1. The predicted octanol–water partition coefficient (Wildman–Crippen LogP) is 3.95. The van der Waals surface area contributed by atoms with E-state index in [1.54, 1.807) is 10.4 Å². The molecule has 2 unspecified atom stereocenters. The summed E-state index contributed by atoms with van der Waals surface area (Å²) >= 11 is 1.97. The standard InChI is InChI=1S/C15H23NS/c1-2-16-15(11-5-3-6-11)13-7-4-8-14-12(13)9-10-17-14/h9-11,13,15-16H,2-8H2,1H3. The molecular weight excluding hydrogens is 226 g/mol.